The average molecular weight is 299 g/mol. The summed E-state index contributed by atoms with van der Waals surface area (Å²) < 4.78 is 0. The first-order chi connectivity index (χ1) is 10.6. The van der Waals surface area contributed by atoms with Gasteiger partial charge < -0.3 is 15.7 Å². The Hall–Kier alpha value is -2.21. The lowest BCUT2D eigenvalue weighted by Crippen LogP contribution is -2.38. The fourth-order valence-electron chi connectivity index (χ4n) is 2.89. The van der Waals surface area contributed by atoms with Crippen molar-refractivity contribution >= 4 is 5.95 Å². The van der Waals surface area contributed by atoms with Crippen LogP contribution in [0.25, 0.3) is 11.3 Å². The minimum absolute atomic E-state index is 0.214. The average Bonchev–Trinajstić information content (AvgIpc) is 2.49. The van der Waals surface area contributed by atoms with E-state index in [9.17, 15) is 5.11 Å². The maximum absolute atomic E-state index is 10.1. The van der Waals surface area contributed by atoms with Crippen LogP contribution in [0.15, 0.2) is 18.3 Å². The van der Waals surface area contributed by atoms with Crippen LogP contribution < -0.4 is 10.6 Å². The Labute approximate surface area is 130 Å². The van der Waals surface area contributed by atoms with Gasteiger partial charge >= 0.3 is 0 Å². The van der Waals surface area contributed by atoms with Gasteiger partial charge in [0.25, 0.3) is 0 Å². The summed E-state index contributed by atoms with van der Waals surface area (Å²) >= 11 is 0. The second kappa shape index (κ2) is 6.27. The molecule has 1 unspecified atom stereocenters. The fraction of sp³-hybridized carbons (Fsp3) is 0.438. The van der Waals surface area contributed by atoms with E-state index in [0.29, 0.717) is 23.2 Å². The molecule has 6 nitrogen and oxygen atoms in total. The molecule has 1 fully saturated rings. The van der Waals surface area contributed by atoms with E-state index in [-0.39, 0.29) is 5.75 Å². The zero-order valence-electron chi connectivity index (χ0n) is 12.9. The number of phenolic OH excluding ortho intramolecular Hbond substituents is 1. The molecule has 1 aromatic heterocycles. The van der Waals surface area contributed by atoms with Gasteiger partial charge in [-0.05, 0) is 50.4 Å². The predicted molar refractivity (Wildman–Crippen MR) is 85.9 cm³/mol. The van der Waals surface area contributed by atoms with Crippen LogP contribution in [-0.4, -0.2) is 39.4 Å². The van der Waals surface area contributed by atoms with E-state index in [0.717, 1.165) is 37.1 Å². The van der Waals surface area contributed by atoms with Gasteiger partial charge in [0, 0.05) is 18.2 Å². The summed E-state index contributed by atoms with van der Waals surface area (Å²) in [6.07, 6.45) is 3.92. The third-order valence-corrected chi connectivity index (χ3v) is 3.91. The van der Waals surface area contributed by atoms with E-state index in [1.807, 2.05) is 19.9 Å². The minimum Gasteiger partial charge on any atom is -0.507 e. The Morgan fingerprint density at radius 3 is 2.77 bits per heavy atom. The standard InChI is InChI=1S/C16H21N5O/c1-10-6-11(2)15(14(22)7-10)13-9-18-16(21-20-13)19-12-4-3-5-17-8-12/h6-7,9,12,17,22H,3-5,8H2,1-2H3,(H,18,19,21). The Bertz CT molecular complexity index is 627. The molecule has 6 heteroatoms. The van der Waals surface area contributed by atoms with Crippen LogP contribution in [0, 0.1) is 13.8 Å². The second-order valence-corrected chi connectivity index (χ2v) is 5.83. The van der Waals surface area contributed by atoms with Gasteiger partial charge in [-0.2, -0.15) is 0 Å². The SMILES string of the molecule is Cc1cc(C)c(-c2cnc(NC3CCCNC3)nn2)c(O)c1. The van der Waals surface area contributed by atoms with Gasteiger partial charge in [-0.15, -0.1) is 10.2 Å². The molecule has 22 heavy (non-hydrogen) atoms. The van der Waals surface area contributed by atoms with E-state index in [4.69, 9.17) is 0 Å². The van der Waals surface area contributed by atoms with Crippen LogP contribution in [0.4, 0.5) is 5.95 Å². The lowest BCUT2D eigenvalue weighted by Gasteiger charge is -2.23. The zero-order valence-corrected chi connectivity index (χ0v) is 12.9. The molecule has 0 aliphatic carbocycles. The molecule has 2 aromatic rings. The summed E-state index contributed by atoms with van der Waals surface area (Å²) in [5.41, 5.74) is 3.26. The van der Waals surface area contributed by atoms with Crippen molar-refractivity contribution in [1.29, 1.82) is 0 Å². The van der Waals surface area contributed by atoms with Crippen LogP contribution in [0.5, 0.6) is 5.75 Å². The second-order valence-electron chi connectivity index (χ2n) is 5.83. The molecule has 1 aliphatic heterocycles. The number of hydrogen-bond donors (Lipinski definition) is 3. The molecule has 1 aliphatic rings. The van der Waals surface area contributed by atoms with Crippen molar-refractivity contribution in [2.24, 2.45) is 0 Å². The number of hydrogen-bond acceptors (Lipinski definition) is 6. The molecule has 0 spiro atoms. The van der Waals surface area contributed by atoms with Gasteiger partial charge in [-0.3, -0.25) is 0 Å². The first-order valence-corrected chi connectivity index (χ1v) is 7.61. The van der Waals surface area contributed by atoms with Crippen molar-refractivity contribution in [2.75, 3.05) is 18.4 Å². The molecule has 1 saturated heterocycles. The first kappa shape index (κ1) is 14.7. The topological polar surface area (TPSA) is 83.0 Å². The molecule has 1 atom stereocenters. The summed E-state index contributed by atoms with van der Waals surface area (Å²) in [6, 6.07) is 4.08. The highest BCUT2D eigenvalue weighted by atomic mass is 16.3. The first-order valence-electron chi connectivity index (χ1n) is 7.61. The minimum atomic E-state index is 0.214. The summed E-state index contributed by atoms with van der Waals surface area (Å²) in [4.78, 5) is 4.33. The third kappa shape index (κ3) is 3.17. The van der Waals surface area contributed by atoms with Gasteiger partial charge in [0.1, 0.15) is 11.4 Å². The number of nitrogens with one attached hydrogen (secondary N) is 2. The van der Waals surface area contributed by atoms with Gasteiger partial charge in [-0.1, -0.05) is 6.07 Å². The molecular formula is C16H21N5O. The summed E-state index contributed by atoms with van der Waals surface area (Å²) in [5, 5.41) is 25.1. The van der Waals surface area contributed by atoms with Gasteiger partial charge in [-0.25, -0.2) is 4.98 Å². The Balaban J connectivity index is 1.79. The van der Waals surface area contributed by atoms with E-state index in [2.05, 4.69) is 25.8 Å². The smallest absolute Gasteiger partial charge is 0.242 e. The maximum atomic E-state index is 10.1. The van der Waals surface area contributed by atoms with Crippen molar-refractivity contribution in [1.82, 2.24) is 20.5 Å². The van der Waals surface area contributed by atoms with Crippen LogP contribution >= 0.6 is 0 Å². The lowest BCUT2D eigenvalue weighted by atomic mass is 10.0. The number of benzene rings is 1. The molecule has 2 heterocycles. The molecule has 0 bridgehead atoms. The highest BCUT2D eigenvalue weighted by Crippen LogP contribution is 2.31. The fourth-order valence-corrected chi connectivity index (χ4v) is 2.89. The normalized spacial score (nSPS) is 18.2. The van der Waals surface area contributed by atoms with Gasteiger partial charge in [0.2, 0.25) is 5.95 Å². The van der Waals surface area contributed by atoms with E-state index in [1.54, 1.807) is 12.3 Å². The van der Waals surface area contributed by atoms with E-state index in [1.165, 1.54) is 0 Å². The lowest BCUT2D eigenvalue weighted by molar-refractivity contribution is 0.475. The van der Waals surface area contributed by atoms with Crippen LogP contribution in [0.1, 0.15) is 24.0 Å². The molecule has 3 N–H and O–H groups in total. The molecule has 3 rings (SSSR count). The molecular weight excluding hydrogens is 278 g/mol. The molecule has 116 valence electrons. The third-order valence-electron chi connectivity index (χ3n) is 3.91. The number of rotatable bonds is 3. The monoisotopic (exact) mass is 299 g/mol. The van der Waals surface area contributed by atoms with Crippen LogP contribution in [0.2, 0.25) is 0 Å². The number of piperidine rings is 1. The van der Waals surface area contributed by atoms with Crippen molar-refractivity contribution < 1.29 is 5.11 Å². The predicted octanol–water partition coefficient (Wildman–Crippen LogP) is 2.02. The molecule has 0 saturated carbocycles. The number of anilines is 1. The van der Waals surface area contributed by atoms with Crippen molar-refractivity contribution in [3.63, 3.8) is 0 Å². The van der Waals surface area contributed by atoms with E-state index >= 15 is 0 Å². The number of aromatic nitrogens is 3. The highest BCUT2D eigenvalue weighted by Gasteiger charge is 2.15. The van der Waals surface area contributed by atoms with Crippen molar-refractivity contribution in [3.05, 3.63) is 29.5 Å². The van der Waals surface area contributed by atoms with Gasteiger partial charge in [0.15, 0.2) is 0 Å². The Morgan fingerprint density at radius 2 is 2.14 bits per heavy atom. The summed E-state index contributed by atoms with van der Waals surface area (Å²) in [7, 11) is 0. The van der Waals surface area contributed by atoms with E-state index < -0.39 is 0 Å². The molecule has 1 aromatic carbocycles. The quantitative estimate of drug-likeness (QED) is 0.804. The Kier molecular flexibility index (Phi) is 4.20. The zero-order chi connectivity index (χ0) is 15.5. The number of aryl methyl sites for hydroxylation is 2. The number of aromatic hydroxyl groups is 1. The maximum Gasteiger partial charge on any atom is 0.242 e. The highest BCUT2D eigenvalue weighted by molar-refractivity contribution is 5.70. The summed E-state index contributed by atoms with van der Waals surface area (Å²) in [5.74, 6) is 0.743. The number of nitrogens with zero attached hydrogens (tertiary/aromatic N) is 3. The molecule has 0 radical (unpaired) electrons. The number of phenols is 1. The summed E-state index contributed by atoms with van der Waals surface area (Å²) in [6.45, 7) is 5.89. The van der Waals surface area contributed by atoms with Crippen LogP contribution in [-0.2, 0) is 0 Å². The van der Waals surface area contributed by atoms with Crippen molar-refractivity contribution in [3.8, 4) is 17.0 Å². The van der Waals surface area contributed by atoms with Crippen LogP contribution in [0.3, 0.4) is 0 Å². The Morgan fingerprint density at radius 1 is 1.27 bits per heavy atom. The largest absolute Gasteiger partial charge is 0.507 e. The van der Waals surface area contributed by atoms with Crippen molar-refractivity contribution in [2.45, 2.75) is 32.7 Å². The van der Waals surface area contributed by atoms with Gasteiger partial charge in [0.05, 0.1) is 6.20 Å². The molecule has 0 amide bonds.